The molecular formula is C16H20N4O2S. The third-order valence-corrected chi connectivity index (χ3v) is 5.04. The zero-order valence-corrected chi connectivity index (χ0v) is 14.2. The van der Waals surface area contributed by atoms with Gasteiger partial charge in [-0.2, -0.15) is 0 Å². The van der Waals surface area contributed by atoms with Gasteiger partial charge in [0.1, 0.15) is 0 Å². The highest BCUT2D eigenvalue weighted by atomic mass is 32.1. The molecule has 1 aliphatic rings. The van der Waals surface area contributed by atoms with E-state index in [-0.39, 0.29) is 18.2 Å². The molecule has 122 valence electrons. The lowest BCUT2D eigenvalue weighted by molar-refractivity contribution is -0.120. The van der Waals surface area contributed by atoms with Crippen LogP contribution in [-0.2, 0) is 29.6 Å². The van der Waals surface area contributed by atoms with E-state index < -0.39 is 0 Å². The van der Waals surface area contributed by atoms with Gasteiger partial charge in [0.25, 0.3) is 0 Å². The molecule has 23 heavy (non-hydrogen) atoms. The van der Waals surface area contributed by atoms with Crippen LogP contribution >= 0.6 is 11.3 Å². The normalized spacial score (nSPS) is 14.5. The number of nitrogens with zero attached hydrogens (tertiary/aromatic N) is 3. The molecule has 0 aromatic carbocycles. The largest absolute Gasteiger partial charge is 0.350 e. The van der Waals surface area contributed by atoms with Crippen LogP contribution in [0.15, 0.2) is 17.5 Å². The van der Waals surface area contributed by atoms with E-state index in [0.717, 1.165) is 24.4 Å². The molecule has 0 aliphatic carbocycles. The summed E-state index contributed by atoms with van der Waals surface area (Å²) in [5.74, 6) is 0.0582. The van der Waals surface area contributed by atoms with Gasteiger partial charge in [-0.05, 0) is 25.5 Å². The molecule has 3 heterocycles. The molecule has 1 fully saturated rings. The van der Waals surface area contributed by atoms with E-state index in [9.17, 15) is 9.59 Å². The van der Waals surface area contributed by atoms with Crippen LogP contribution in [0.4, 0.5) is 5.13 Å². The molecule has 1 N–H and O–H groups in total. The maximum absolute atomic E-state index is 12.1. The topological polar surface area (TPSA) is 67.2 Å². The molecule has 0 spiro atoms. The summed E-state index contributed by atoms with van der Waals surface area (Å²) in [6.45, 7) is 3.26. The van der Waals surface area contributed by atoms with Gasteiger partial charge in [-0.25, -0.2) is 4.98 Å². The van der Waals surface area contributed by atoms with Crippen LogP contribution in [0.3, 0.4) is 0 Å². The molecule has 0 radical (unpaired) electrons. The molecule has 6 nitrogen and oxygen atoms in total. The van der Waals surface area contributed by atoms with Gasteiger partial charge in [0.05, 0.1) is 18.7 Å². The molecule has 2 aromatic heterocycles. The average molecular weight is 332 g/mol. The van der Waals surface area contributed by atoms with Crippen molar-refractivity contribution in [1.82, 2.24) is 14.9 Å². The highest BCUT2D eigenvalue weighted by molar-refractivity contribution is 7.14. The van der Waals surface area contributed by atoms with E-state index in [1.807, 2.05) is 31.5 Å². The second-order valence-corrected chi connectivity index (χ2v) is 6.59. The first-order chi connectivity index (χ1) is 11.0. The Hall–Kier alpha value is -2.15. The first kappa shape index (κ1) is 15.7. The third-order valence-electron chi connectivity index (χ3n) is 4.13. The summed E-state index contributed by atoms with van der Waals surface area (Å²) in [6.07, 6.45) is 1.71. The van der Waals surface area contributed by atoms with Crippen molar-refractivity contribution in [3.05, 3.63) is 34.6 Å². The second kappa shape index (κ2) is 6.54. The van der Waals surface area contributed by atoms with Gasteiger partial charge >= 0.3 is 0 Å². The molecule has 7 heteroatoms. The maximum Gasteiger partial charge on any atom is 0.228 e. The van der Waals surface area contributed by atoms with Gasteiger partial charge in [0.2, 0.25) is 11.8 Å². The van der Waals surface area contributed by atoms with Crippen molar-refractivity contribution >= 4 is 28.3 Å². The van der Waals surface area contributed by atoms with E-state index in [0.29, 0.717) is 23.8 Å². The molecule has 1 saturated heterocycles. The van der Waals surface area contributed by atoms with Gasteiger partial charge in [-0.15, -0.1) is 11.3 Å². The number of anilines is 1. The highest BCUT2D eigenvalue weighted by Gasteiger charge is 2.24. The van der Waals surface area contributed by atoms with Gasteiger partial charge < -0.3 is 9.88 Å². The zero-order chi connectivity index (χ0) is 16.4. The number of aromatic nitrogens is 2. The number of carbonyl (C=O) groups is 2. The van der Waals surface area contributed by atoms with Crippen molar-refractivity contribution < 1.29 is 9.59 Å². The fourth-order valence-corrected chi connectivity index (χ4v) is 3.48. The van der Waals surface area contributed by atoms with Crippen LogP contribution in [0, 0.1) is 6.92 Å². The van der Waals surface area contributed by atoms with E-state index in [1.165, 1.54) is 11.3 Å². The van der Waals surface area contributed by atoms with Crippen LogP contribution in [0.25, 0.3) is 0 Å². The minimum Gasteiger partial charge on any atom is -0.350 e. The van der Waals surface area contributed by atoms with E-state index in [1.54, 1.807) is 4.90 Å². The maximum atomic E-state index is 12.1. The Morgan fingerprint density at radius 3 is 2.91 bits per heavy atom. The van der Waals surface area contributed by atoms with Crippen LogP contribution in [0.2, 0.25) is 0 Å². The number of thiazole rings is 1. The van der Waals surface area contributed by atoms with Crippen LogP contribution in [0.1, 0.15) is 29.9 Å². The fourth-order valence-electron chi connectivity index (χ4n) is 2.61. The number of hydrogen-bond acceptors (Lipinski definition) is 4. The Labute approximate surface area is 139 Å². The number of rotatable bonds is 5. The summed E-state index contributed by atoms with van der Waals surface area (Å²) in [7, 11) is 1.98. The fraction of sp³-hybridized carbons (Fsp3) is 0.438. The van der Waals surface area contributed by atoms with Gasteiger partial charge in [-0.1, -0.05) is 0 Å². The first-order valence-corrected chi connectivity index (χ1v) is 8.55. The van der Waals surface area contributed by atoms with Crippen molar-refractivity contribution in [2.45, 2.75) is 32.7 Å². The molecule has 0 saturated carbocycles. The smallest absolute Gasteiger partial charge is 0.228 e. The second-order valence-electron chi connectivity index (χ2n) is 5.75. The Morgan fingerprint density at radius 1 is 1.43 bits per heavy atom. The van der Waals surface area contributed by atoms with Gasteiger partial charge in [-0.3, -0.25) is 14.5 Å². The minimum absolute atomic E-state index is 0.0616. The number of amides is 2. The predicted octanol–water partition coefficient (Wildman–Crippen LogP) is 1.78. The molecule has 0 unspecified atom stereocenters. The minimum atomic E-state index is -0.0616. The number of hydrogen-bond donors (Lipinski definition) is 1. The molecule has 0 bridgehead atoms. The molecule has 1 aliphatic heterocycles. The number of carbonyl (C=O) groups excluding carboxylic acids is 2. The van der Waals surface area contributed by atoms with Crippen molar-refractivity contribution in [3.8, 4) is 0 Å². The Bertz CT molecular complexity index is 734. The third kappa shape index (κ3) is 3.44. The molecule has 2 aromatic rings. The molecular weight excluding hydrogens is 312 g/mol. The summed E-state index contributed by atoms with van der Waals surface area (Å²) < 4.78 is 2.06. The monoisotopic (exact) mass is 332 g/mol. The van der Waals surface area contributed by atoms with E-state index in [2.05, 4.69) is 14.9 Å². The summed E-state index contributed by atoms with van der Waals surface area (Å²) in [6, 6.07) is 4.04. The molecule has 3 rings (SSSR count). The lowest BCUT2D eigenvalue weighted by Gasteiger charge is -2.10. The van der Waals surface area contributed by atoms with Crippen molar-refractivity contribution in [2.75, 3.05) is 11.4 Å². The van der Waals surface area contributed by atoms with Gasteiger partial charge in [0, 0.05) is 36.8 Å². The van der Waals surface area contributed by atoms with Crippen LogP contribution in [0.5, 0.6) is 0 Å². The first-order valence-electron chi connectivity index (χ1n) is 7.67. The quantitative estimate of drug-likeness (QED) is 0.907. The summed E-state index contributed by atoms with van der Waals surface area (Å²) in [4.78, 5) is 29.9. The highest BCUT2D eigenvalue weighted by Crippen LogP contribution is 2.25. The van der Waals surface area contributed by atoms with Crippen molar-refractivity contribution in [3.63, 3.8) is 0 Å². The summed E-state index contributed by atoms with van der Waals surface area (Å²) in [5, 5.41) is 5.47. The summed E-state index contributed by atoms with van der Waals surface area (Å²) >= 11 is 1.42. The lowest BCUT2D eigenvalue weighted by Crippen LogP contribution is -2.26. The molecule has 0 atom stereocenters. The predicted molar refractivity (Wildman–Crippen MR) is 89.4 cm³/mol. The van der Waals surface area contributed by atoms with E-state index >= 15 is 0 Å². The molecule has 2 amide bonds. The van der Waals surface area contributed by atoms with Crippen molar-refractivity contribution in [1.29, 1.82) is 0 Å². The van der Waals surface area contributed by atoms with Crippen LogP contribution in [-0.4, -0.2) is 27.9 Å². The zero-order valence-electron chi connectivity index (χ0n) is 13.3. The van der Waals surface area contributed by atoms with Gasteiger partial charge in [0.15, 0.2) is 5.13 Å². The van der Waals surface area contributed by atoms with E-state index in [4.69, 9.17) is 0 Å². The number of aryl methyl sites for hydroxylation is 1. The van der Waals surface area contributed by atoms with Crippen LogP contribution < -0.4 is 10.2 Å². The SMILES string of the molecule is Cc1ccc(CNC(=O)Cc2csc(N3CCCC3=O)n2)n1C. The average Bonchev–Trinajstić information content (AvgIpc) is 3.21. The Balaban J connectivity index is 1.55. The Morgan fingerprint density at radius 2 is 2.26 bits per heavy atom. The lowest BCUT2D eigenvalue weighted by atomic mass is 10.3. The number of nitrogens with one attached hydrogen (secondary N) is 1. The van der Waals surface area contributed by atoms with Crippen molar-refractivity contribution in [2.24, 2.45) is 7.05 Å². The summed E-state index contributed by atoms with van der Waals surface area (Å²) in [5.41, 5.74) is 2.94. The Kier molecular flexibility index (Phi) is 4.47. The standard InChI is InChI=1S/C16H20N4O2S/c1-11-5-6-13(19(11)2)9-17-14(21)8-12-10-23-16(18-12)20-7-3-4-15(20)22/h5-6,10H,3-4,7-9H2,1-2H3,(H,17,21).